The number of rotatable bonds is 4. The lowest BCUT2D eigenvalue weighted by Gasteiger charge is -2.22. The molecule has 2 rings (SSSR count). The Labute approximate surface area is 162 Å². The van der Waals surface area contributed by atoms with Crippen LogP contribution in [0.25, 0.3) is 0 Å². The van der Waals surface area contributed by atoms with Crippen molar-refractivity contribution >= 4 is 29.9 Å². The van der Waals surface area contributed by atoms with E-state index >= 15 is 0 Å². The Kier molecular flexibility index (Phi) is 7.72. The van der Waals surface area contributed by atoms with Gasteiger partial charge in [-0.05, 0) is 26.3 Å². The minimum Gasteiger partial charge on any atom is -0.352 e. The Morgan fingerprint density at radius 1 is 1.21 bits per heavy atom. The summed E-state index contributed by atoms with van der Waals surface area (Å²) >= 11 is 0. The molecule has 0 saturated heterocycles. The molecule has 6 heteroatoms. The molecule has 0 bridgehead atoms. The van der Waals surface area contributed by atoms with Crippen LogP contribution in [-0.2, 0) is 20.1 Å². The SMILES string of the molecule is CN=C(NCc1c(C)nn(C)c1C)N(C)Cc1ccc(C)cc1.I. The van der Waals surface area contributed by atoms with Crippen molar-refractivity contribution in [1.82, 2.24) is 20.0 Å². The smallest absolute Gasteiger partial charge is 0.193 e. The van der Waals surface area contributed by atoms with Gasteiger partial charge in [0.25, 0.3) is 0 Å². The summed E-state index contributed by atoms with van der Waals surface area (Å²) in [5.41, 5.74) is 6.04. The van der Waals surface area contributed by atoms with E-state index in [1.165, 1.54) is 22.4 Å². The first kappa shape index (κ1) is 20.5. The molecular formula is C18H28IN5. The summed E-state index contributed by atoms with van der Waals surface area (Å²) in [7, 11) is 5.85. The molecule has 2 aromatic rings. The van der Waals surface area contributed by atoms with E-state index in [1.807, 2.05) is 25.7 Å². The number of aryl methyl sites for hydroxylation is 3. The Hall–Kier alpha value is -1.57. The van der Waals surface area contributed by atoms with Crippen molar-refractivity contribution in [3.05, 3.63) is 52.3 Å². The molecule has 24 heavy (non-hydrogen) atoms. The van der Waals surface area contributed by atoms with Crippen LogP contribution in [-0.4, -0.2) is 34.7 Å². The summed E-state index contributed by atoms with van der Waals surface area (Å²) < 4.78 is 1.92. The number of guanidine groups is 1. The fourth-order valence-electron chi connectivity index (χ4n) is 2.67. The highest BCUT2D eigenvalue weighted by molar-refractivity contribution is 14.0. The largest absolute Gasteiger partial charge is 0.352 e. The second kappa shape index (κ2) is 9.05. The molecule has 1 aromatic carbocycles. The molecule has 0 aliphatic heterocycles. The molecule has 0 amide bonds. The topological polar surface area (TPSA) is 45.5 Å². The average molecular weight is 441 g/mol. The molecule has 0 radical (unpaired) electrons. The van der Waals surface area contributed by atoms with E-state index in [2.05, 4.69) is 65.5 Å². The Balaban J connectivity index is 0.00000288. The average Bonchev–Trinajstić information content (AvgIpc) is 2.76. The summed E-state index contributed by atoms with van der Waals surface area (Å²) in [5.74, 6) is 0.883. The van der Waals surface area contributed by atoms with E-state index in [1.54, 1.807) is 0 Å². The van der Waals surface area contributed by atoms with Crippen molar-refractivity contribution < 1.29 is 0 Å². The number of halogens is 1. The van der Waals surface area contributed by atoms with Crippen LogP contribution in [0.4, 0.5) is 0 Å². The van der Waals surface area contributed by atoms with E-state index in [9.17, 15) is 0 Å². The van der Waals surface area contributed by atoms with Crippen molar-refractivity contribution in [2.45, 2.75) is 33.9 Å². The lowest BCUT2D eigenvalue weighted by Crippen LogP contribution is -2.38. The van der Waals surface area contributed by atoms with Gasteiger partial charge in [-0.15, -0.1) is 24.0 Å². The normalized spacial score (nSPS) is 11.2. The highest BCUT2D eigenvalue weighted by Crippen LogP contribution is 2.12. The van der Waals surface area contributed by atoms with Gasteiger partial charge in [-0.25, -0.2) is 0 Å². The summed E-state index contributed by atoms with van der Waals surface area (Å²) in [4.78, 5) is 6.52. The van der Waals surface area contributed by atoms with Crippen molar-refractivity contribution in [2.24, 2.45) is 12.0 Å². The van der Waals surface area contributed by atoms with Crippen LogP contribution in [0.3, 0.4) is 0 Å². The Bertz CT molecular complexity index is 688. The Morgan fingerprint density at radius 2 is 1.83 bits per heavy atom. The van der Waals surface area contributed by atoms with Crippen LogP contribution >= 0.6 is 24.0 Å². The number of nitrogens with zero attached hydrogens (tertiary/aromatic N) is 4. The van der Waals surface area contributed by atoms with E-state index in [4.69, 9.17) is 0 Å². The van der Waals surface area contributed by atoms with Gasteiger partial charge in [-0.1, -0.05) is 29.8 Å². The Morgan fingerprint density at radius 3 is 2.33 bits per heavy atom. The van der Waals surface area contributed by atoms with Crippen LogP contribution in [0, 0.1) is 20.8 Å². The number of hydrogen-bond donors (Lipinski definition) is 1. The molecule has 0 spiro atoms. The summed E-state index contributed by atoms with van der Waals surface area (Å²) in [6, 6.07) is 8.60. The van der Waals surface area contributed by atoms with Crippen molar-refractivity contribution in [1.29, 1.82) is 0 Å². The number of nitrogens with one attached hydrogen (secondary N) is 1. The third-order valence-electron chi connectivity index (χ3n) is 4.20. The first-order valence-corrected chi connectivity index (χ1v) is 7.88. The van der Waals surface area contributed by atoms with E-state index < -0.39 is 0 Å². The molecule has 1 heterocycles. The van der Waals surface area contributed by atoms with Crippen LogP contribution in [0.1, 0.15) is 28.1 Å². The quantitative estimate of drug-likeness (QED) is 0.451. The zero-order chi connectivity index (χ0) is 17.0. The number of benzene rings is 1. The molecule has 1 aromatic heterocycles. The van der Waals surface area contributed by atoms with Gasteiger partial charge in [0, 0.05) is 45.5 Å². The minimum absolute atomic E-state index is 0. The molecule has 0 saturated carbocycles. The maximum atomic E-state index is 4.46. The number of aliphatic imine (C=N–C) groups is 1. The predicted octanol–water partition coefficient (Wildman–Crippen LogP) is 3.17. The van der Waals surface area contributed by atoms with Gasteiger partial charge in [-0.2, -0.15) is 5.10 Å². The van der Waals surface area contributed by atoms with Gasteiger partial charge >= 0.3 is 0 Å². The van der Waals surface area contributed by atoms with Gasteiger partial charge in [0.1, 0.15) is 0 Å². The molecule has 0 fully saturated rings. The maximum absolute atomic E-state index is 4.46. The molecule has 0 aliphatic rings. The van der Waals surface area contributed by atoms with E-state index in [0.29, 0.717) is 0 Å². The molecule has 0 aliphatic carbocycles. The summed E-state index contributed by atoms with van der Waals surface area (Å²) in [6.45, 7) is 7.80. The first-order valence-electron chi connectivity index (χ1n) is 7.88. The lowest BCUT2D eigenvalue weighted by molar-refractivity contribution is 0.476. The standard InChI is InChI=1S/C18H27N5.HI/c1-13-7-9-16(10-8-13)12-22(5)18(19-4)20-11-17-14(2)21-23(6)15(17)3;/h7-10H,11-12H2,1-6H3,(H,19,20);1H. The monoisotopic (exact) mass is 441 g/mol. The molecule has 0 atom stereocenters. The van der Waals surface area contributed by atoms with Crippen LogP contribution < -0.4 is 5.32 Å². The predicted molar refractivity (Wildman–Crippen MR) is 111 cm³/mol. The third-order valence-corrected chi connectivity index (χ3v) is 4.20. The van der Waals surface area contributed by atoms with Gasteiger partial charge in [0.15, 0.2) is 5.96 Å². The zero-order valence-corrected chi connectivity index (χ0v) is 17.8. The minimum atomic E-state index is 0. The molecule has 132 valence electrons. The van der Waals surface area contributed by atoms with Gasteiger partial charge in [-0.3, -0.25) is 9.67 Å². The van der Waals surface area contributed by atoms with Crippen molar-refractivity contribution in [3.8, 4) is 0 Å². The highest BCUT2D eigenvalue weighted by Gasteiger charge is 2.11. The molecule has 1 N–H and O–H groups in total. The van der Waals surface area contributed by atoms with Crippen molar-refractivity contribution in [2.75, 3.05) is 14.1 Å². The molecule has 5 nitrogen and oxygen atoms in total. The fourth-order valence-corrected chi connectivity index (χ4v) is 2.67. The molecular weight excluding hydrogens is 413 g/mol. The number of hydrogen-bond acceptors (Lipinski definition) is 2. The van der Waals surface area contributed by atoms with Crippen LogP contribution in [0.15, 0.2) is 29.3 Å². The summed E-state index contributed by atoms with van der Waals surface area (Å²) in [6.07, 6.45) is 0. The van der Waals surface area contributed by atoms with E-state index in [0.717, 1.165) is 24.7 Å². The maximum Gasteiger partial charge on any atom is 0.193 e. The van der Waals surface area contributed by atoms with Crippen LogP contribution in [0.2, 0.25) is 0 Å². The highest BCUT2D eigenvalue weighted by atomic mass is 127. The first-order chi connectivity index (χ1) is 10.9. The third kappa shape index (κ3) is 4.96. The van der Waals surface area contributed by atoms with Gasteiger partial charge < -0.3 is 10.2 Å². The lowest BCUT2D eigenvalue weighted by atomic mass is 10.1. The number of aromatic nitrogens is 2. The van der Waals surface area contributed by atoms with Gasteiger partial charge in [0.2, 0.25) is 0 Å². The van der Waals surface area contributed by atoms with Gasteiger partial charge in [0.05, 0.1) is 5.69 Å². The zero-order valence-electron chi connectivity index (χ0n) is 15.4. The second-order valence-electron chi connectivity index (χ2n) is 6.02. The van der Waals surface area contributed by atoms with Crippen molar-refractivity contribution in [3.63, 3.8) is 0 Å². The second-order valence-corrected chi connectivity index (χ2v) is 6.02. The van der Waals surface area contributed by atoms with Crippen LogP contribution in [0.5, 0.6) is 0 Å². The molecule has 0 unspecified atom stereocenters. The van der Waals surface area contributed by atoms with E-state index in [-0.39, 0.29) is 24.0 Å². The summed E-state index contributed by atoms with van der Waals surface area (Å²) in [5, 5.41) is 7.89. The fraction of sp³-hybridized carbons (Fsp3) is 0.444.